The number of nitrogens with one attached hydrogen (secondary N) is 1. The number of aryl methyl sites for hydroxylation is 2. The largest absolute Gasteiger partial charge is 0.351 e. The van der Waals surface area contributed by atoms with Crippen LogP contribution in [0.3, 0.4) is 0 Å². The molecule has 4 nitrogen and oxygen atoms in total. The molecule has 0 atom stereocenters. The summed E-state index contributed by atoms with van der Waals surface area (Å²) in [5, 5.41) is 3.87. The quantitative estimate of drug-likeness (QED) is 0.773. The highest BCUT2D eigenvalue weighted by atomic mass is 16.1. The molecule has 4 heteroatoms. The third kappa shape index (κ3) is 2.28. The Labute approximate surface area is 117 Å². The fourth-order valence-electron chi connectivity index (χ4n) is 2.22. The number of nitrogens with zero attached hydrogens (tertiary/aromatic N) is 2. The molecule has 0 aliphatic heterocycles. The van der Waals surface area contributed by atoms with Crippen LogP contribution in [0, 0.1) is 6.92 Å². The van der Waals surface area contributed by atoms with Gasteiger partial charge in [-0.3, -0.25) is 4.79 Å². The molecule has 1 amide bonds. The fraction of sp³-hybridized carbons (Fsp3) is 0.125. The molecule has 3 rings (SSSR count). The average Bonchev–Trinajstić information content (AvgIpc) is 2.80. The first kappa shape index (κ1) is 12.4. The molecule has 0 saturated heterocycles. The number of hydrogen-bond donors (Lipinski definition) is 1. The molecule has 0 aliphatic carbocycles. The predicted octanol–water partition coefficient (Wildman–Crippen LogP) is 3.13. The van der Waals surface area contributed by atoms with E-state index in [1.165, 1.54) is 0 Å². The number of benzene rings is 1. The third-order valence-corrected chi connectivity index (χ3v) is 3.28. The van der Waals surface area contributed by atoms with Gasteiger partial charge in [0.2, 0.25) is 0 Å². The lowest BCUT2D eigenvalue weighted by molar-refractivity contribution is 0.102. The van der Waals surface area contributed by atoms with Gasteiger partial charge in [-0.2, -0.15) is 0 Å². The number of rotatable bonds is 2. The summed E-state index contributed by atoms with van der Waals surface area (Å²) >= 11 is 0. The van der Waals surface area contributed by atoms with Crippen LogP contribution in [-0.4, -0.2) is 15.5 Å². The van der Waals surface area contributed by atoms with E-state index in [9.17, 15) is 4.79 Å². The van der Waals surface area contributed by atoms with Crippen molar-refractivity contribution < 1.29 is 4.79 Å². The van der Waals surface area contributed by atoms with Gasteiger partial charge in [0.05, 0.1) is 0 Å². The molecule has 0 fully saturated rings. The number of amides is 1. The molecule has 2 heterocycles. The average molecular weight is 265 g/mol. The molecule has 1 aromatic carbocycles. The summed E-state index contributed by atoms with van der Waals surface area (Å²) in [5.41, 5.74) is 2.61. The van der Waals surface area contributed by atoms with Crippen LogP contribution in [0.4, 0.5) is 5.82 Å². The predicted molar refractivity (Wildman–Crippen MR) is 79.8 cm³/mol. The molecule has 0 unspecified atom stereocenters. The Bertz CT molecular complexity index is 789. The van der Waals surface area contributed by atoms with Crippen LogP contribution in [-0.2, 0) is 7.05 Å². The van der Waals surface area contributed by atoms with Gasteiger partial charge in [-0.25, -0.2) is 4.98 Å². The van der Waals surface area contributed by atoms with Crippen molar-refractivity contribution in [3.8, 4) is 0 Å². The van der Waals surface area contributed by atoms with Crippen molar-refractivity contribution in [3.63, 3.8) is 0 Å². The molecular formula is C16H15N3O. The van der Waals surface area contributed by atoms with Gasteiger partial charge in [0.1, 0.15) is 5.82 Å². The van der Waals surface area contributed by atoms with Crippen molar-refractivity contribution in [1.82, 2.24) is 9.55 Å². The second kappa shape index (κ2) is 4.81. The Morgan fingerprint density at radius 3 is 2.85 bits per heavy atom. The van der Waals surface area contributed by atoms with Crippen molar-refractivity contribution in [3.05, 3.63) is 59.9 Å². The molecule has 1 N–H and O–H groups in total. The standard InChI is InChI=1S/C16H15N3O/c1-11-4-3-5-15(17-11)18-16(20)13-6-7-14-12(10-13)8-9-19(14)2/h3-10H,1-2H3,(H,17,18,20). The van der Waals surface area contributed by atoms with Crippen LogP contribution in [0.1, 0.15) is 16.1 Å². The molecule has 0 aliphatic rings. The van der Waals surface area contributed by atoms with Crippen LogP contribution in [0.25, 0.3) is 10.9 Å². The third-order valence-electron chi connectivity index (χ3n) is 3.28. The molecule has 2 aromatic heterocycles. The first-order valence-corrected chi connectivity index (χ1v) is 6.43. The van der Waals surface area contributed by atoms with Gasteiger partial charge in [0, 0.05) is 35.4 Å². The first-order valence-electron chi connectivity index (χ1n) is 6.43. The highest BCUT2D eigenvalue weighted by Gasteiger charge is 2.08. The number of carbonyl (C=O) groups is 1. The Balaban J connectivity index is 1.88. The lowest BCUT2D eigenvalue weighted by Crippen LogP contribution is -2.13. The van der Waals surface area contributed by atoms with Crippen molar-refractivity contribution >= 4 is 22.6 Å². The minimum atomic E-state index is -0.145. The molecule has 100 valence electrons. The molecule has 0 spiro atoms. The van der Waals surface area contributed by atoms with Crippen molar-refractivity contribution in [1.29, 1.82) is 0 Å². The van der Waals surface area contributed by atoms with E-state index in [0.29, 0.717) is 11.4 Å². The highest BCUT2D eigenvalue weighted by molar-refractivity contribution is 6.05. The molecule has 0 saturated carbocycles. The van der Waals surface area contributed by atoms with Gasteiger partial charge in [0.15, 0.2) is 0 Å². The van der Waals surface area contributed by atoms with Crippen LogP contribution < -0.4 is 5.32 Å². The van der Waals surface area contributed by atoms with Gasteiger partial charge >= 0.3 is 0 Å². The van der Waals surface area contributed by atoms with Gasteiger partial charge < -0.3 is 9.88 Å². The zero-order valence-corrected chi connectivity index (χ0v) is 11.4. The Morgan fingerprint density at radius 1 is 1.20 bits per heavy atom. The lowest BCUT2D eigenvalue weighted by Gasteiger charge is -2.05. The second-order valence-electron chi connectivity index (χ2n) is 4.82. The van der Waals surface area contributed by atoms with Gasteiger partial charge in [0.25, 0.3) is 5.91 Å². The topological polar surface area (TPSA) is 46.9 Å². The number of hydrogen-bond acceptors (Lipinski definition) is 2. The van der Waals surface area contributed by atoms with Crippen LogP contribution in [0.2, 0.25) is 0 Å². The second-order valence-corrected chi connectivity index (χ2v) is 4.82. The fourth-order valence-corrected chi connectivity index (χ4v) is 2.22. The Morgan fingerprint density at radius 2 is 2.05 bits per heavy atom. The van der Waals surface area contributed by atoms with E-state index in [0.717, 1.165) is 16.6 Å². The molecule has 0 bridgehead atoms. The van der Waals surface area contributed by atoms with Gasteiger partial charge in [-0.15, -0.1) is 0 Å². The van der Waals surface area contributed by atoms with Gasteiger partial charge in [-0.1, -0.05) is 6.07 Å². The molecule has 3 aromatic rings. The van der Waals surface area contributed by atoms with E-state index in [2.05, 4.69) is 10.3 Å². The smallest absolute Gasteiger partial charge is 0.256 e. The lowest BCUT2D eigenvalue weighted by atomic mass is 10.1. The SMILES string of the molecule is Cc1cccc(NC(=O)c2ccc3c(ccn3C)c2)n1. The molecular weight excluding hydrogens is 250 g/mol. The van der Waals surface area contributed by atoms with Crippen LogP contribution in [0.5, 0.6) is 0 Å². The summed E-state index contributed by atoms with van der Waals surface area (Å²) < 4.78 is 2.03. The van der Waals surface area contributed by atoms with E-state index in [1.54, 1.807) is 6.07 Å². The summed E-state index contributed by atoms with van der Waals surface area (Å²) in [7, 11) is 1.98. The maximum atomic E-state index is 12.2. The Hall–Kier alpha value is -2.62. The van der Waals surface area contributed by atoms with Crippen molar-refractivity contribution in [2.45, 2.75) is 6.92 Å². The summed E-state index contributed by atoms with van der Waals surface area (Å²) in [6.07, 6.45) is 1.98. The number of fused-ring (bicyclic) bond motifs is 1. The Kier molecular flexibility index (Phi) is 2.99. The zero-order chi connectivity index (χ0) is 14.1. The minimum Gasteiger partial charge on any atom is -0.351 e. The van der Waals surface area contributed by atoms with Gasteiger partial charge in [-0.05, 0) is 43.3 Å². The molecule has 0 radical (unpaired) electrons. The number of anilines is 1. The zero-order valence-electron chi connectivity index (χ0n) is 11.4. The maximum Gasteiger partial charge on any atom is 0.256 e. The van der Waals surface area contributed by atoms with E-state index in [1.807, 2.05) is 61.1 Å². The summed E-state index contributed by atoms with van der Waals surface area (Å²) in [6.45, 7) is 1.89. The first-order chi connectivity index (χ1) is 9.63. The number of carbonyl (C=O) groups excluding carboxylic acids is 1. The van der Waals surface area contributed by atoms with Crippen LogP contribution >= 0.6 is 0 Å². The summed E-state index contributed by atoms with van der Waals surface area (Å²) in [6, 6.07) is 13.2. The number of pyridine rings is 1. The highest BCUT2D eigenvalue weighted by Crippen LogP contribution is 2.17. The summed E-state index contributed by atoms with van der Waals surface area (Å²) in [4.78, 5) is 16.5. The van der Waals surface area contributed by atoms with E-state index in [-0.39, 0.29) is 5.91 Å². The monoisotopic (exact) mass is 265 g/mol. The normalized spacial score (nSPS) is 10.7. The maximum absolute atomic E-state index is 12.2. The van der Waals surface area contributed by atoms with Crippen LogP contribution in [0.15, 0.2) is 48.7 Å². The van der Waals surface area contributed by atoms with E-state index in [4.69, 9.17) is 0 Å². The van der Waals surface area contributed by atoms with E-state index < -0.39 is 0 Å². The minimum absolute atomic E-state index is 0.145. The number of aromatic nitrogens is 2. The van der Waals surface area contributed by atoms with Crippen molar-refractivity contribution in [2.75, 3.05) is 5.32 Å². The van der Waals surface area contributed by atoms with E-state index >= 15 is 0 Å². The van der Waals surface area contributed by atoms with Crippen molar-refractivity contribution in [2.24, 2.45) is 7.05 Å². The summed E-state index contributed by atoms with van der Waals surface area (Å²) in [5.74, 6) is 0.428. The molecule has 20 heavy (non-hydrogen) atoms.